The standard InChI is InChI=1S/C12H14N2O2S/c1-2-7-14-17(15,16)11-5-6-12-10(9-11)4-3-8-13-12/h1,5-6,9,13-14H,3-4,7-8H2. The fourth-order valence-corrected chi connectivity index (χ4v) is 2.82. The van der Waals surface area contributed by atoms with Crippen molar-refractivity contribution in [1.29, 1.82) is 0 Å². The molecule has 1 aliphatic rings. The van der Waals surface area contributed by atoms with E-state index in [0.717, 1.165) is 30.6 Å². The lowest BCUT2D eigenvalue weighted by Crippen LogP contribution is -2.24. The van der Waals surface area contributed by atoms with E-state index in [1.807, 2.05) is 0 Å². The monoisotopic (exact) mass is 250 g/mol. The first kappa shape index (κ1) is 12.0. The molecule has 90 valence electrons. The van der Waals surface area contributed by atoms with Gasteiger partial charge in [0.2, 0.25) is 10.0 Å². The quantitative estimate of drug-likeness (QED) is 0.785. The highest BCUT2D eigenvalue weighted by Crippen LogP contribution is 2.24. The number of hydrogen-bond acceptors (Lipinski definition) is 3. The van der Waals surface area contributed by atoms with Gasteiger partial charge in [0.1, 0.15) is 0 Å². The number of aryl methyl sites for hydroxylation is 1. The van der Waals surface area contributed by atoms with Crippen molar-refractivity contribution in [2.45, 2.75) is 17.7 Å². The third kappa shape index (κ3) is 2.60. The molecule has 0 saturated carbocycles. The predicted molar refractivity (Wildman–Crippen MR) is 67.3 cm³/mol. The average molecular weight is 250 g/mol. The number of sulfonamides is 1. The van der Waals surface area contributed by atoms with E-state index in [9.17, 15) is 8.42 Å². The molecule has 0 atom stereocenters. The van der Waals surface area contributed by atoms with Crippen molar-refractivity contribution in [2.75, 3.05) is 18.4 Å². The van der Waals surface area contributed by atoms with Crippen LogP contribution in [0.2, 0.25) is 0 Å². The van der Waals surface area contributed by atoms with Crippen molar-refractivity contribution in [1.82, 2.24) is 4.72 Å². The zero-order valence-corrected chi connectivity index (χ0v) is 10.2. The maximum absolute atomic E-state index is 11.8. The molecule has 5 heteroatoms. The molecule has 2 N–H and O–H groups in total. The van der Waals surface area contributed by atoms with Crippen molar-refractivity contribution in [2.24, 2.45) is 0 Å². The van der Waals surface area contributed by atoms with E-state index in [-0.39, 0.29) is 11.4 Å². The zero-order chi connectivity index (χ0) is 12.3. The van der Waals surface area contributed by atoms with Crippen LogP contribution in [0.25, 0.3) is 0 Å². The van der Waals surface area contributed by atoms with Gasteiger partial charge >= 0.3 is 0 Å². The van der Waals surface area contributed by atoms with Gasteiger partial charge in [0.05, 0.1) is 11.4 Å². The largest absolute Gasteiger partial charge is 0.385 e. The summed E-state index contributed by atoms with van der Waals surface area (Å²) in [4.78, 5) is 0.273. The average Bonchev–Trinajstić information content (AvgIpc) is 2.36. The summed E-state index contributed by atoms with van der Waals surface area (Å²) in [5, 5.41) is 3.24. The molecular weight excluding hydrogens is 236 g/mol. The molecule has 1 aromatic carbocycles. The third-order valence-corrected chi connectivity index (χ3v) is 4.09. The Labute approximate surface area is 101 Å². The van der Waals surface area contributed by atoms with Crippen LogP contribution in [0.15, 0.2) is 23.1 Å². The first-order valence-electron chi connectivity index (χ1n) is 5.43. The predicted octanol–water partition coefficient (Wildman–Crippen LogP) is 0.956. The summed E-state index contributed by atoms with van der Waals surface area (Å²) in [5.41, 5.74) is 2.06. The number of benzene rings is 1. The van der Waals surface area contributed by atoms with Crippen LogP contribution in [0.1, 0.15) is 12.0 Å². The van der Waals surface area contributed by atoms with Crippen molar-refractivity contribution >= 4 is 15.7 Å². The van der Waals surface area contributed by atoms with Crippen molar-refractivity contribution in [3.63, 3.8) is 0 Å². The second kappa shape index (κ2) is 4.78. The molecule has 2 rings (SSSR count). The summed E-state index contributed by atoms with van der Waals surface area (Å²) < 4.78 is 26.0. The Morgan fingerprint density at radius 1 is 1.47 bits per heavy atom. The number of rotatable bonds is 3. The summed E-state index contributed by atoms with van der Waals surface area (Å²) in [6.45, 7) is 0.951. The SMILES string of the molecule is C#CCNS(=O)(=O)c1ccc2c(c1)CCCN2. The van der Waals surface area contributed by atoms with E-state index in [2.05, 4.69) is 16.0 Å². The van der Waals surface area contributed by atoms with Crippen molar-refractivity contribution in [3.8, 4) is 12.3 Å². The van der Waals surface area contributed by atoms with Crippen LogP contribution in [0.4, 0.5) is 5.69 Å². The van der Waals surface area contributed by atoms with Crippen LogP contribution in [-0.4, -0.2) is 21.5 Å². The second-order valence-corrected chi connectivity index (χ2v) is 5.64. The molecule has 1 heterocycles. The number of hydrogen-bond donors (Lipinski definition) is 2. The van der Waals surface area contributed by atoms with Gasteiger partial charge in [-0.1, -0.05) is 5.92 Å². The van der Waals surface area contributed by atoms with Crippen LogP contribution in [0, 0.1) is 12.3 Å². The van der Waals surface area contributed by atoms with Gasteiger partial charge in [-0.05, 0) is 36.6 Å². The van der Waals surface area contributed by atoms with Gasteiger partial charge < -0.3 is 5.32 Å². The molecule has 0 aromatic heterocycles. The molecule has 0 radical (unpaired) electrons. The highest BCUT2D eigenvalue weighted by molar-refractivity contribution is 7.89. The molecule has 0 unspecified atom stereocenters. The van der Waals surface area contributed by atoms with E-state index in [1.54, 1.807) is 18.2 Å². The fourth-order valence-electron chi connectivity index (χ4n) is 1.84. The molecular formula is C12H14N2O2S. The molecule has 0 saturated heterocycles. The molecule has 4 nitrogen and oxygen atoms in total. The Morgan fingerprint density at radius 2 is 2.29 bits per heavy atom. The highest BCUT2D eigenvalue weighted by Gasteiger charge is 2.16. The minimum atomic E-state index is -3.48. The molecule has 0 fully saturated rings. The zero-order valence-electron chi connectivity index (χ0n) is 9.36. The van der Waals surface area contributed by atoms with Crippen LogP contribution in [-0.2, 0) is 16.4 Å². The van der Waals surface area contributed by atoms with Gasteiger partial charge in [-0.3, -0.25) is 0 Å². The minimum absolute atomic E-state index is 0.0116. The lowest BCUT2D eigenvalue weighted by atomic mass is 10.0. The topological polar surface area (TPSA) is 58.2 Å². The Kier molecular flexibility index (Phi) is 3.36. The summed E-state index contributed by atoms with van der Waals surface area (Å²) >= 11 is 0. The molecule has 1 aliphatic heterocycles. The Morgan fingerprint density at radius 3 is 3.06 bits per heavy atom. The Bertz CT molecular complexity index is 558. The number of terminal acetylenes is 1. The maximum Gasteiger partial charge on any atom is 0.241 e. The number of anilines is 1. The van der Waals surface area contributed by atoms with Crippen molar-refractivity contribution in [3.05, 3.63) is 23.8 Å². The van der Waals surface area contributed by atoms with Gasteiger partial charge in [-0.15, -0.1) is 6.42 Å². The van der Waals surface area contributed by atoms with Gasteiger partial charge in [0.15, 0.2) is 0 Å². The Balaban J connectivity index is 2.31. The molecule has 1 aromatic rings. The van der Waals surface area contributed by atoms with E-state index in [1.165, 1.54) is 0 Å². The van der Waals surface area contributed by atoms with E-state index in [4.69, 9.17) is 6.42 Å². The minimum Gasteiger partial charge on any atom is -0.385 e. The van der Waals surface area contributed by atoms with Crippen LogP contribution in [0.5, 0.6) is 0 Å². The summed E-state index contributed by atoms with van der Waals surface area (Å²) in [6, 6.07) is 5.11. The fraction of sp³-hybridized carbons (Fsp3) is 0.333. The number of fused-ring (bicyclic) bond motifs is 1. The third-order valence-electron chi connectivity index (χ3n) is 2.69. The maximum atomic E-state index is 11.8. The first-order chi connectivity index (χ1) is 8.13. The summed E-state index contributed by atoms with van der Waals surface area (Å²) in [6.07, 6.45) is 6.96. The lowest BCUT2D eigenvalue weighted by molar-refractivity contribution is 0.586. The normalized spacial score (nSPS) is 14.5. The molecule has 0 aliphatic carbocycles. The van der Waals surface area contributed by atoms with Crippen LogP contribution < -0.4 is 10.0 Å². The second-order valence-electron chi connectivity index (χ2n) is 3.88. The molecule has 0 bridgehead atoms. The summed E-state index contributed by atoms with van der Waals surface area (Å²) in [5.74, 6) is 2.25. The number of nitrogens with one attached hydrogen (secondary N) is 2. The molecule has 17 heavy (non-hydrogen) atoms. The van der Waals surface area contributed by atoms with E-state index < -0.39 is 10.0 Å². The smallest absolute Gasteiger partial charge is 0.241 e. The highest BCUT2D eigenvalue weighted by atomic mass is 32.2. The molecule has 0 amide bonds. The van der Waals surface area contributed by atoms with E-state index in [0.29, 0.717) is 0 Å². The first-order valence-corrected chi connectivity index (χ1v) is 6.92. The van der Waals surface area contributed by atoms with E-state index >= 15 is 0 Å². The van der Waals surface area contributed by atoms with Crippen LogP contribution >= 0.6 is 0 Å². The summed E-state index contributed by atoms with van der Waals surface area (Å²) in [7, 11) is -3.48. The molecule has 0 spiro atoms. The Hall–Kier alpha value is -1.51. The van der Waals surface area contributed by atoms with Gasteiger partial charge in [-0.25, -0.2) is 8.42 Å². The lowest BCUT2D eigenvalue weighted by Gasteiger charge is -2.18. The van der Waals surface area contributed by atoms with Crippen LogP contribution in [0.3, 0.4) is 0 Å². The van der Waals surface area contributed by atoms with Gasteiger partial charge in [0.25, 0.3) is 0 Å². The van der Waals surface area contributed by atoms with Gasteiger partial charge in [-0.2, -0.15) is 4.72 Å². The van der Waals surface area contributed by atoms with Gasteiger partial charge in [0, 0.05) is 12.2 Å². The van der Waals surface area contributed by atoms with Crippen molar-refractivity contribution < 1.29 is 8.42 Å².